The van der Waals surface area contributed by atoms with Crippen molar-refractivity contribution >= 4 is 39.1 Å². The maximum absolute atomic E-state index is 14.2. The van der Waals surface area contributed by atoms with Gasteiger partial charge in [-0.1, -0.05) is 73.5 Å². The number of hydrogen-bond donors (Lipinski definition) is 1. The molecular formula is C31H38ClN3O5S. The molecule has 2 atom stereocenters. The molecule has 3 rings (SSSR count). The summed E-state index contributed by atoms with van der Waals surface area (Å²) in [6.45, 7) is 6.99. The van der Waals surface area contributed by atoms with E-state index in [9.17, 15) is 18.0 Å². The van der Waals surface area contributed by atoms with Crippen LogP contribution in [-0.4, -0.2) is 50.9 Å². The zero-order chi connectivity index (χ0) is 30.2. The normalized spacial score (nSPS) is 12.7. The molecule has 0 aliphatic heterocycles. The van der Waals surface area contributed by atoms with Crippen LogP contribution in [0.1, 0.15) is 44.7 Å². The fourth-order valence-corrected chi connectivity index (χ4v) is 5.98. The number of methoxy groups -OCH3 is 1. The lowest BCUT2D eigenvalue weighted by molar-refractivity contribution is -0.140. The highest BCUT2D eigenvalue weighted by molar-refractivity contribution is 7.92. The van der Waals surface area contributed by atoms with Gasteiger partial charge >= 0.3 is 0 Å². The zero-order valence-corrected chi connectivity index (χ0v) is 25.7. The van der Waals surface area contributed by atoms with Crippen LogP contribution in [0.4, 0.5) is 5.69 Å². The molecule has 0 aromatic heterocycles. The van der Waals surface area contributed by atoms with Crippen molar-refractivity contribution in [2.45, 2.75) is 64.1 Å². The van der Waals surface area contributed by atoms with Crippen molar-refractivity contribution in [3.8, 4) is 5.75 Å². The van der Waals surface area contributed by atoms with Gasteiger partial charge in [0.2, 0.25) is 11.8 Å². The third-order valence-electron chi connectivity index (χ3n) is 6.93. The number of nitrogens with one attached hydrogen (secondary N) is 1. The number of anilines is 1. The fourth-order valence-electron chi connectivity index (χ4n) is 4.36. The van der Waals surface area contributed by atoms with E-state index in [0.29, 0.717) is 17.0 Å². The van der Waals surface area contributed by atoms with Crippen molar-refractivity contribution in [3.63, 3.8) is 0 Å². The molecule has 0 radical (unpaired) electrons. The van der Waals surface area contributed by atoms with Gasteiger partial charge in [0.25, 0.3) is 10.0 Å². The summed E-state index contributed by atoms with van der Waals surface area (Å²) < 4.78 is 34.6. The van der Waals surface area contributed by atoms with Gasteiger partial charge in [0, 0.05) is 17.6 Å². The number of nitrogens with zero attached hydrogens (tertiary/aromatic N) is 2. The Morgan fingerprint density at radius 2 is 1.59 bits per heavy atom. The molecule has 0 spiro atoms. The van der Waals surface area contributed by atoms with Gasteiger partial charge in [0.15, 0.2) is 0 Å². The minimum atomic E-state index is -4.21. The van der Waals surface area contributed by atoms with E-state index in [4.69, 9.17) is 16.3 Å². The number of amides is 2. The molecule has 10 heteroatoms. The number of carbonyl (C=O) groups is 2. The molecule has 0 saturated carbocycles. The Morgan fingerprint density at radius 3 is 2.20 bits per heavy atom. The number of aryl methyl sites for hydroxylation is 1. The van der Waals surface area contributed by atoms with Crippen LogP contribution < -0.4 is 14.4 Å². The topological polar surface area (TPSA) is 96.0 Å². The zero-order valence-electron chi connectivity index (χ0n) is 24.1. The highest BCUT2D eigenvalue weighted by Gasteiger charge is 2.35. The molecule has 2 amide bonds. The van der Waals surface area contributed by atoms with E-state index < -0.39 is 28.5 Å². The molecule has 8 nitrogen and oxygen atoms in total. The SMILES string of the molecule is CCC(C)NC(=O)C(CC)N(Cc1ccccc1Cl)C(=O)CN(c1ccccc1OC)S(=O)(=O)c1ccc(C)cc1. The Bertz CT molecular complexity index is 1450. The van der Waals surface area contributed by atoms with Crippen LogP contribution >= 0.6 is 11.6 Å². The van der Waals surface area contributed by atoms with Crippen LogP contribution in [-0.2, 0) is 26.2 Å². The molecule has 0 fully saturated rings. The molecule has 1 N–H and O–H groups in total. The minimum absolute atomic E-state index is 0.0231. The molecular weight excluding hydrogens is 562 g/mol. The summed E-state index contributed by atoms with van der Waals surface area (Å²) in [5, 5.41) is 3.40. The van der Waals surface area contributed by atoms with E-state index in [-0.39, 0.29) is 34.8 Å². The van der Waals surface area contributed by atoms with Gasteiger partial charge in [-0.05, 0) is 62.6 Å². The quantitative estimate of drug-likeness (QED) is 0.277. The standard InChI is InChI=1S/C31H38ClN3O5S/c1-6-23(4)33-31(37)27(7-2)34(20-24-12-8-9-13-26(24)32)30(36)21-35(28-14-10-11-15-29(28)40-5)41(38,39)25-18-16-22(3)17-19-25/h8-19,23,27H,6-7,20-21H2,1-5H3,(H,33,37). The van der Waals surface area contributed by atoms with Crippen molar-refractivity contribution < 1.29 is 22.7 Å². The van der Waals surface area contributed by atoms with E-state index in [1.54, 1.807) is 60.7 Å². The fraction of sp³-hybridized carbons (Fsp3) is 0.355. The summed E-state index contributed by atoms with van der Waals surface area (Å²) in [6.07, 6.45) is 1.04. The van der Waals surface area contributed by atoms with E-state index in [1.807, 2.05) is 27.7 Å². The second-order valence-electron chi connectivity index (χ2n) is 9.85. The second-order valence-corrected chi connectivity index (χ2v) is 12.1. The number of sulfonamides is 1. The first kappa shape index (κ1) is 32.0. The van der Waals surface area contributed by atoms with Crippen molar-refractivity contribution in [3.05, 3.63) is 88.9 Å². The van der Waals surface area contributed by atoms with E-state index >= 15 is 0 Å². The van der Waals surface area contributed by atoms with E-state index in [2.05, 4.69) is 5.32 Å². The number of carbonyl (C=O) groups excluding carboxylic acids is 2. The van der Waals surface area contributed by atoms with Crippen LogP contribution in [0.3, 0.4) is 0 Å². The summed E-state index contributed by atoms with van der Waals surface area (Å²) in [4.78, 5) is 29.0. The second kappa shape index (κ2) is 14.4. The number of ether oxygens (including phenoxy) is 1. The number of benzene rings is 3. The third-order valence-corrected chi connectivity index (χ3v) is 9.07. The molecule has 0 saturated heterocycles. The molecule has 220 valence electrons. The number of hydrogen-bond acceptors (Lipinski definition) is 5. The highest BCUT2D eigenvalue weighted by Crippen LogP contribution is 2.33. The number of para-hydroxylation sites is 2. The molecule has 0 aliphatic carbocycles. The van der Waals surface area contributed by atoms with Gasteiger partial charge in [-0.15, -0.1) is 0 Å². The van der Waals surface area contributed by atoms with Crippen molar-refractivity contribution in [1.29, 1.82) is 0 Å². The molecule has 0 heterocycles. The first-order valence-electron chi connectivity index (χ1n) is 13.6. The first-order chi connectivity index (χ1) is 19.5. The van der Waals surface area contributed by atoms with Gasteiger partial charge in [-0.25, -0.2) is 8.42 Å². The molecule has 3 aromatic carbocycles. The predicted molar refractivity (Wildman–Crippen MR) is 163 cm³/mol. The van der Waals surface area contributed by atoms with Crippen LogP contribution in [0.5, 0.6) is 5.75 Å². The lowest BCUT2D eigenvalue weighted by Gasteiger charge is -2.34. The Labute approximate surface area is 248 Å². The van der Waals surface area contributed by atoms with Crippen LogP contribution in [0.15, 0.2) is 77.7 Å². The smallest absolute Gasteiger partial charge is 0.264 e. The molecule has 0 aliphatic rings. The first-order valence-corrected chi connectivity index (χ1v) is 15.4. The summed E-state index contributed by atoms with van der Waals surface area (Å²) in [5.41, 5.74) is 1.74. The average Bonchev–Trinajstić information content (AvgIpc) is 2.96. The Balaban J connectivity index is 2.11. The Hall–Kier alpha value is -3.56. The average molecular weight is 600 g/mol. The van der Waals surface area contributed by atoms with Crippen LogP contribution in [0, 0.1) is 6.92 Å². The molecule has 0 bridgehead atoms. The lowest BCUT2D eigenvalue weighted by atomic mass is 10.1. The van der Waals surface area contributed by atoms with Crippen molar-refractivity contribution in [1.82, 2.24) is 10.2 Å². The number of halogens is 1. The lowest BCUT2D eigenvalue weighted by Crippen LogP contribution is -2.53. The summed E-state index contributed by atoms with van der Waals surface area (Å²) in [7, 11) is -2.77. The van der Waals surface area contributed by atoms with Crippen LogP contribution in [0.25, 0.3) is 0 Å². The van der Waals surface area contributed by atoms with Crippen molar-refractivity contribution in [2.24, 2.45) is 0 Å². The Morgan fingerprint density at radius 1 is 0.951 bits per heavy atom. The predicted octanol–water partition coefficient (Wildman–Crippen LogP) is 5.57. The van der Waals surface area contributed by atoms with Gasteiger partial charge in [0.1, 0.15) is 18.3 Å². The van der Waals surface area contributed by atoms with Gasteiger partial charge in [0.05, 0.1) is 17.7 Å². The highest BCUT2D eigenvalue weighted by atomic mass is 35.5. The van der Waals surface area contributed by atoms with Gasteiger partial charge in [-0.3, -0.25) is 13.9 Å². The monoisotopic (exact) mass is 599 g/mol. The number of rotatable bonds is 13. The largest absolute Gasteiger partial charge is 0.495 e. The van der Waals surface area contributed by atoms with Gasteiger partial charge in [-0.2, -0.15) is 0 Å². The summed E-state index contributed by atoms with van der Waals surface area (Å²) in [6, 6.07) is 19.2. The summed E-state index contributed by atoms with van der Waals surface area (Å²) in [5.74, 6) is -0.583. The molecule has 3 aromatic rings. The Kier molecular flexibility index (Phi) is 11.2. The minimum Gasteiger partial charge on any atom is -0.495 e. The van der Waals surface area contributed by atoms with Crippen molar-refractivity contribution in [2.75, 3.05) is 18.0 Å². The maximum Gasteiger partial charge on any atom is 0.264 e. The third kappa shape index (κ3) is 7.80. The maximum atomic E-state index is 14.2. The summed E-state index contributed by atoms with van der Waals surface area (Å²) >= 11 is 6.45. The molecule has 41 heavy (non-hydrogen) atoms. The van der Waals surface area contributed by atoms with E-state index in [1.165, 1.54) is 24.1 Å². The van der Waals surface area contributed by atoms with Crippen LogP contribution in [0.2, 0.25) is 5.02 Å². The van der Waals surface area contributed by atoms with Gasteiger partial charge < -0.3 is 15.0 Å². The van der Waals surface area contributed by atoms with E-state index in [0.717, 1.165) is 16.3 Å². The molecule has 2 unspecified atom stereocenters.